The van der Waals surface area contributed by atoms with Crippen molar-refractivity contribution in [3.05, 3.63) is 33.8 Å². The molecule has 13 heavy (non-hydrogen) atoms. The third kappa shape index (κ3) is 1.89. The second-order valence-electron chi connectivity index (χ2n) is 2.70. The van der Waals surface area contributed by atoms with Crippen molar-refractivity contribution in [1.82, 2.24) is 14.5 Å². The Kier molecular flexibility index (Phi) is 2.33. The van der Waals surface area contributed by atoms with E-state index < -0.39 is 0 Å². The van der Waals surface area contributed by atoms with Crippen LogP contribution in [0.2, 0.25) is 5.15 Å². The minimum absolute atomic E-state index is 0.564. The lowest BCUT2D eigenvalue weighted by Crippen LogP contribution is -1.97. The molecular weight excluding hydrogens is 206 g/mol. The highest BCUT2D eigenvalue weighted by molar-refractivity contribution is 7.10. The van der Waals surface area contributed by atoms with Crippen LogP contribution in [0.5, 0.6) is 0 Å². The predicted octanol–water partition coefficient (Wildman–Crippen LogP) is 2.12. The van der Waals surface area contributed by atoms with Gasteiger partial charge < -0.3 is 4.57 Å². The number of thiazole rings is 1. The average Bonchev–Trinajstić information content (AvgIpc) is 2.64. The number of aryl methyl sites for hydroxylation is 1. The van der Waals surface area contributed by atoms with Gasteiger partial charge >= 0.3 is 0 Å². The van der Waals surface area contributed by atoms with Crippen molar-refractivity contribution in [3.8, 4) is 0 Å². The Morgan fingerprint density at radius 1 is 1.62 bits per heavy atom. The minimum atomic E-state index is 0.564. The fourth-order valence-corrected chi connectivity index (χ4v) is 2.01. The summed E-state index contributed by atoms with van der Waals surface area (Å²) in [5, 5.41) is 3.40. The maximum atomic E-state index is 5.71. The molecule has 0 aliphatic carbocycles. The van der Waals surface area contributed by atoms with Gasteiger partial charge in [-0.1, -0.05) is 11.6 Å². The molecule has 0 aromatic carbocycles. The van der Waals surface area contributed by atoms with Crippen LogP contribution in [0, 0.1) is 0 Å². The highest BCUT2D eigenvalue weighted by Gasteiger charge is 2.04. The van der Waals surface area contributed by atoms with Crippen molar-refractivity contribution < 1.29 is 0 Å². The van der Waals surface area contributed by atoms with Crippen LogP contribution >= 0.6 is 22.9 Å². The van der Waals surface area contributed by atoms with Gasteiger partial charge in [-0.25, -0.2) is 9.97 Å². The summed E-state index contributed by atoms with van der Waals surface area (Å²) in [6.45, 7) is 0. The van der Waals surface area contributed by atoms with E-state index in [4.69, 9.17) is 11.6 Å². The SMILES string of the molecule is Cn1ccnc1Cc1nc(Cl)cs1. The van der Waals surface area contributed by atoms with E-state index in [9.17, 15) is 0 Å². The van der Waals surface area contributed by atoms with Gasteiger partial charge in [-0.05, 0) is 0 Å². The first-order valence-electron chi connectivity index (χ1n) is 3.82. The van der Waals surface area contributed by atoms with Gasteiger partial charge in [-0.2, -0.15) is 0 Å². The monoisotopic (exact) mass is 213 g/mol. The molecule has 0 saturated heterocycles. The number of aromatic nitrogens is 3. The lowest BCUT2D eigenvalue weighted by atomic mass is 10.4. The quantitative estimate of drug-likeness (QED) is 0.765. The van der Waals surface area contributed by atoms with E-state index in [-0.39, 0.29) is 0 Å². The van der Waals surface area contributed by atoms with E-state index in [1.807, 2.05) is 23.2 Å². The van der Waals surface area contributed by atoms with Crippen LogP contribution in [-0.2, 0) is 13.5 Å². The number of rotatable bonds is 2. The average molecular weight is 214 g/mol. The summed E-state index contributed by atoms with van der Waals surface area (Å²) in [5.41, 5.74) is 0. The number of imidazole rings is 1. The highest BCUT2D eigenvalue weighted by atomic mass is 35.5. The number of hydrogen-bond donors (Lipinski definition) is 0. The van der Waals surface area contributed by atoms with Crippen molar-refractivity contribution in [1.29, 1.82) is 0 Å². The summed E-state index contributed by atoms with van der Waals surface area (Å²) < 4.78 is 1.98. The summed E-state index contributed by atoms with van der Waals surface area (Å²) >= 11 is 7.27. The summed E-state index contributed by atoms with van der Waals surface area (Å²) in [4.78, 5) is 8.36. The van der Waals surface area contributed by atoms with Crippen LogP contribution in [-0.4, -0.2) is 14.5 Å². The molecule has 68 valence electrons. The highest BCUT2D eigenvalue weighted by Crippen LogP contribution is 2.16. The summed E-state index contributed by atoms with van der Waals surface area (Å²) in [5.74, 6) is 1.01. The third-order valence-electron chi connectivity index (χ3n) is 1.75. The standard InChI is InChI=1S/C8H8ClN3S/c1-12-3-2-10-7(12)4-8-11-6(9)5-13-8/h2-3,5H,4H2,1H3. The van der Waals surface area contributed by atoms with E-state index in [0.717, 1.165) is 17.3 Å². The van der Waals surface area contributed by atoms with Crippen LogP contribution < -0.4 is 0 Å². The Morgan fingerprint density at radius 3 is 3.00 bits per heavy atom. The third-order valence-corrected chi connectivity index (χ3v) is 2.93. The minimum Gasteiger partial charge on any atom is -0.338 e. The molecule has 3 nitrogen and oxygen atoms in total. The summed E-state index contributed by atoms with van der Waals surface area (Å²) in [6, 6.07) is 0. The van der Waals surface area contributed by atoms with Crippen LogP contribution in [0.3, 0.4) is 0 Å². The molecule has 0 aliphatic heterocycles. The van der Waals surface area contributed by atoms with Gasteiger partial charge in [-0.3, -0.25) is 0 Å². The Balaban J connectivity index is 2.19. The lowest BCUT2D eigenvalue weighted by Gasteiger charge is -1.96. The first-order valence-corrected chi connectivity index (χ1v) is 5.07. The smallest absolute Gasteiger partial charge is 0.140 e. The molecule has 0 atom stereocenters. The van der Waals surface area contributed by atoms with Crippen molar-refractivity contribution in [3.63, 3.8) is 0 Å². The van der Waals surface area contributed by atoms with Crippen LogP contribution in [0.1, 0.15) is 10.8 Å². The second-order valence-corrected chi connectivity index (χ2v) is 4.03. The molecule has 0 amide bonds. The Labute approximate surface area is 85.0 Å². The van der Waals surface area contributed by atoms with Crippen LogP contribution in [0.25, 0.3) is 0 Å². The molecule has 0 unspecified atom stereocenters. The van der Waals surface area contributed by atoms with E-state index in [0.29, 0.717) is 5.15 Å². The maximum absolute atomic E-state index is 5.71. The zero-order valence-electron chi connectivity index (χ0n) is 7.07. The van der Waals surface area contributed by atoms with Crippen molar-refractivity contribution >= 4 is 22.9 Å². The lowest BCUT2D eigenvalue weighted by molar-refractivity contribution is 0.819. The summed E-state index contributed by atoms with van der Waals surface area (Å²) in [7, 11) is 1.97. The molecule has 2 aromatic heterocycles. The normalized spacial score (nSPS) is 10.6. The Hall–Kier alpha value is -0.870. The molecule has 2 rings (SSSR count). The van der Waals surface area contributed by atoms with E-state index in [1.54, 1.807) is 17.5 Å². The van der Waals surface area contributed by atoms with Gasteiger partial charge in [0.25, 0.3) is 0 Å². The van der Waals surface area contributed by atoms with Gasteiger partial charge in [0.1, 0.15) is 16.0 Å². The number of halogens is 1. The molecule has 0 radical (unpaired) electrons. The molecule has 0 aliphatic rings. The van der Waals surface area contributed by atoms with Crippen LogP contribution in [0.4, 0.5) is 0 Å². The van der Waals surface area contributed by atoms with Gasteiger partial charge in [0.05, 0.1) is 6.42 Å². The fourth-order valence-electron chi connectivity index (χ4n) is 1.07. The molecule has 5 heteroatoms. The summed E-state index contributed by atoms with van der Waals surface area (Å²) in [6.07, 6.45) is 4.45. The molecule has 0 saturated carbocycles. The number of nitrogens with zero attached hydrogens (tertiary/aromatic N) is 3. The van der Waals surface area contributed by atoms with Crippen molar-refractivity contribution in [2.75, 3.05) is 0 Å². The Bertz CT molecular complexity index is 407. The topological polar surface area (TPSA) is 30.7 Å². The predicted molar refractivity (Wildman–Crippen MR) is 53.1 cm³/mol. The first-order chi connectivity index (χ1) is 6.25. The van der Waals surface area contributed by atoms with Gasteiger partial charge in [0, 0.05) is 24.8 Å². The van der Waals surface area contributed by atoms with Gasteiger partial charge in [0.15, 0.2) is 0 Å². The zero-order valence-corrected chi connectivity index (χ0v) is 8.64. The van der Waals surface area contributed by atoms with Crippen molar-refractivity contribution in [2.45, 2.75) is 6.42 Å². The zero-order chi connectivity index (χ0) is 9.26. The van der Waals surface area contributed by atoms with E-state index >= 15 is 0 Å². The first kappa shape index (κ1) is 8.72. The molecule has 2 heterocycles. The maximum Gasteiger partial charge on any atom is 0.140 e. The number of hydrogen-bond acceptors (Lipinski definition) is 3. The molecule has 0 fully saturated rings. The van der Waals surface area contributed by atoms with E-state index in [1.165, 1.54) is 0 Å². The molecule has 0 spiro atoms. The Morgan fingerprint density at radius 2 is 2.46 bits per heavy atom. The van der Waals surface area contributed by atoms with E-state index in [2.05, 4.69) is 9.97 Å². The molecule has 2 aromatic rings. The molecule has 0 N–H and O–H groups in total. The second kappa shape index (κ2) is 3.47. The van der Waals surface area contributed by atoms with Crippen LogP contribution in [0.15, 0.2) is 17.8 Å². The fraction of sp³-hybridized carbons (Fsp3) is 0.250. The van der Waals surface area contributed by atoms with Gasteiger partial charge in [-0.15, -0.1) is 11.3 Å². The largest absolute Gasteiger partial charge is 0.338 e. The van der Waals surface area contributed by atoms with Gasteiger partial charge in [0.2, 0.25) is 0 Å². The molecule has 0 bridgehead atoms. The molecular formula is C8H8ClN3S. The van der Waals surface area contributed by atoms with Crippen molar-refractivity contribution in [2.24, 2.45) is 7.05 Å².